The highest BCUT2D eigenvalue weighted by atomic mass is 15.0. The van der Waals surface area contributed by atoms with Gasteiger partial charge in [0.25, 0.3) is 0 Å². The van der Waals surface area contributed by atoms with Gasteiger partial charge in [-0.2, -0.15) is 0 Å². The van der Waals surface area contributed by atoms with Gasteiger partial charge in [-0.05, 0) is 211 Å². The molecule has 0 atom stereocenters. The van der Waals surface area contributed by atoms with Gasteiger partial charge in [-0.15, -0.1) is 0 Å². The van der Waals surface area contributed by atoms with Crippen LogP contribution in [0.4, 0.5) is 0 Å². The van der Waals surface area contributed by atoms with Crippen LogP contribution in [0.25, 0.3) is 116 Å². The second kappa shape index (κ2) is 15.4. The van der Waals surface area contributed by atoms with Gasteiger partial charge in [-0.25, -0.2) is 0 Å². The van der Waals surface area contributed by atoms with Gasteiger partial charge in [0.2, 0.25) is 0 Å². The summed E-state index contributed by atoms with van der Waals surface area (Å²) >= 11 is 0. The molecule has 4 heterocycles. The van der Waals surface area contributed by atoms with Crippen LogP contribution in [0.2, 0.25) is 0 Å². The van der Waals surface area contributed by atoms with Crippen molar-refractivity contribution < 1.29 is 0 Å². The SMILES string of the molecule is Cc1cc(C)cc(-c2ccc3c(c2)c2cc(-c4cc(C)cc(C)c4)cc4c2n3B2c3c(ccc(-c5ccccc5C)c3-4)-n3c4ccc(-c5c(C)cccc5C)cc4c4cc(-c5c(C)cccc5C)cc2c43)c1. The lowest BCUT2D eigenvalue weighted by Gasteiger charge is -2.36. The summed E-state index contributed by atoms with van der Waals surface area (Å²) in [7, 11) is 0. The van der Waals surface area contributed by atoms with Crippen molar-refractivity contribution in [3.63, 3.8) is 0 Å². The number of fused-ring (bicyclic) bond motifs is 10. The molecular formula is C69H55BN2. The van der Waals surface area contributed by atoms with Gasteiger partial charge in [-0.1, -0.05) is 144 Å². The van der Waals surface area contributed by atoms with Crippen LogP contribution < -0.4 is 10.9 Å². The second-order valence-electron chi connectivity index (χ2n) is 21.5. The normalized spacial score (nSPS) is 12.5. The first-order valence-corrected chi connectivity index (χ1v) is 25.7. The Morgan fingerprint density at radius 2 is 0.833 bits per heavy atom. The number of aromatic nitrogens is 2. The molecule has 0 spiro atoms. The Morgan fingerprint density at radius 3 is 1.50 bits per heavy atom. The van der Waals surface area contributed by atoms with E-state index in [2.05, 4.69) is 241 Å². The van der Waals surface area contributed by atoms with E-state index in [4.69, 9.17) is 0 Å². The third-order valence-corrected chi connectivity index (χ3v) is 16.4. The number of benzene rings is 10. The van der Waals surface area contributed by atoms with Gasteiger partial charge in [0.15, 0.2) is 0 Å². The molecule has 0 fully saturated rings. The summed E-state index contributed by atoms with van der Waals surface area (Å²) in [5, 5.41) is 5.16. The Bertz CT molecular complexity index is 4300. The monoisotopic (exact) mass is 922 g/mol. The van der Waals surface area contributed by atoms with Gasteiger partial charge in [-0.3, -0.25) is 0 Å². The Labute approximate surface area is 423 Å². The Morgan fingerprint density at radius 1 is 0.319 bits per heavy atom. The predicted octanol–water partition coefficient (Wildman–Crippen LogP) is 17.0. The van der Waals surface area contributed by atoms with Gasteiger partial charge in [0.05, 0.1) is 11.0 Å². The molecule has 10 aromatic carbocycles. The molecule has 72 heavy (non-hydrogen) atoms. The Kier molecular flexibility index (Phi) is 9.16. The lowest BCUT2D eigenvalue weighted by Crippen LogP contribution is -2.55. The van der Waals surface area contributed by atoms with Crippen molar-refractivity contribution >= 4 is 61.4 Å². The summed E-state index contributed by atoms with van der Waals surface area (Å²) in [6, 6.07) is 66.1. The lowest BCUT2D eigenvalue weighted by atomic mass is 9.45. The van der Waals surface area contributed by atoms with Crippen LogP contribution in [-0.4, -0.2) is 15.9 Å². The summed E-state index contributed by atoms with van der Waals surface area (Å²) < 4.78 is 5.40. The van der Waals surface area contributed by atoms with E-state index in [0.717, 1.165) is 0 Å². The smallest absolute Gasteiger partial charge is 0.333 e. The third kappa shape index (κ3) is 6.10. The first-order chi connectivity index (χ1) is 34.9. The van der Waals surface area contributed by atoms with Crippen LogP contribution in [0.15, 0.2) is 170 Å². The zero-order valence-corrected chi connectivity index (χ0v) is 42.6. The minimum Gasteiger partial charge on any atom is -0.375 e. The molecule has 2 aliphatic rings. The minimum atomic E-state index is -0.118. The number of aryl methyl sites for hydroxylation is 9. The fourth-order valence-electron chi connectivity index (χ4n) is 13.6. The number of rotatable bonds is 5. The fraction of sp³-hybridized carbons (Fsp3) is 0.130. The van der Waals surface area contributed by atoms with E-state index >= 15 is 0 Å². The molecule has 12 aromatic rings. The molecule has 0 bridgehead atoms. The Balaban J connectivity index is 1.19. The molecule has 3 heteroatoms. The van der Waals surface area contributed by atoms with E-state index in [1.807, 2.05) is 0 Å². The van der Waals surface area contributed by atoms with Crippen LogP contribution in [0, 0.1) is 62.3 Å². The molecule has 0 aliphatic carbocycles. The average Bonchev–Trinajstić information content (AvgIpc) is 3.86. The molecule has 0 radical (unpaired) electrons. The van der Waals surface area contributed by atoms with Gasteiger partial charge in [0, 0.05) is 43.8 Å². The summed E-state index contributed by atoms with van der Waals surface area (Å²) in [6.45, 7) is 20.1. The first-order valence-electron chi connectivity index (χ1n) is 25.7. The second-order valence-corrected chi connectivity index (χ2v) is 21.5. The van der Waals surface area contributed by atoms with Gasteiger partial charge < -0.3 is 9.05 Å². The van der Waals surface area contributed by atoms with Crippen LogP contribution in [0.1, 0.15) is 50.1 Å². The zero-order valence-electron chi connectivity index (χ0n) is 42.6. The molecule has 0 N–H and O–H groups in total. The maximum atomic E-state index is 2.76. The standard InChI is InChI=1S/C69H55BN2/c1-38-26-39(2)29-49(28-38)47-20-24-62-56(32-47)57-34-51(50-30-40(3)27-41(4)31-50)35-59-66-54(53-19-11-10-14-42(53)5)22-25-63-67(66)70(72(62)68(57)59)60-37-52(65-45(8)17-13-18-46(65)9)36-58-55-33-48(21-23-61(55)71(63)69(58)60)64-43(6)15-12-16-44(64)7/h10-37H,1-9H3. The molecule has 2 aromatic heterocycles. The summed E-state index contributed by atoms with van der Waals surface area (Å²) in [4.78, 5) is 0. The summed E-state index contributed by atoms with van der Waals surface area (Å²) in [5.41, 5.74) is 35.9. The number of nitrogens with zero attached hydrogens (tertiary/aromatic N) is 2. The molecule has 2 aliphatic heterocycles. The quantitative estimate of drug-likeness (QED) is 0.152. The topological polar surface area (TPSA) is 9.86 Å². The van der Waals surface area contributed by atoms with Gasteiger partial charge in [0.1, 0.15) is 0 Å². The lowest BCUT2D eigenvalue weighted by molar-refractivity contribution is 1.17. The summed E-state index contributed by atoms with van der Waals surface area (Å²) in [6.07, 6.45) is 0. The van der Waals surface area contributed by atoms with Crippen molar-refractivity contribution in [3.8, 4) is 72.4 Å². The highest BCUT2D eigenvalue weighted by Gasteiger charge is 2.43. The van der Waals surface area contributed by atoms with Crippen LogP contribution >= 0.6 is 0 Å². The molecule has 0 saturated heterocycles. The highest BCUT2D eigenvalue weighted by Crippen LogP contribution is 2.50. The van der Waals surface area contributed by atoms with E-state index in [1.165, 1.54) is 177 Å². The average molecular weight is 923 g/mol. The molecule has 0 unspecified atom stereocenters. The maximum Gasteiger partial charge on any atom is 0.333 e. The van der Waals surface area contributed by atoms with E-state index in [9.17, 15) is 0 Å². The van der Waals surface area contributed by atoms with Gasteiger partial charge >= 0.3 is 6.85 Å². The number of hydrogen-bond acceptors (Lipinski definition) is 0. The van der Waals surface area contributed by atoms with E-state index in [0.29, 0.717) is 0 Å². The van der Waals surface area contributed by atoms with Crippen molar-refractivity contribution in [2.45, 2.75) is 62.3 Å². The van der Waals surface area contributed by atoms with Crippen molar-refractivity contribution in [1.29, 1.82) is 0 Å². The van der Waals surface area contributed by atoms with Crippen LogP contribution in [-0.2, 0) is 0 Å². The first kappa shape index (κ1) is 42.7. The van der Waals surface area contributed by atoms with E-state index in [-0.39, 0.29) is 6.85 Å². The van der Waals surface area contributed by atoms with Crippen molar-refractivity contribution in [3.05, 3.63) is 220 Å². The molecule has 14 rings (SSSR count). The molecule has 344 valence electrons. The number of hydrogen-bond donors (Lipinski definition) is 0. The molecule has 2 nitrogen and oxygen atoms in total. The maximum absolute atomic E-state index is 2.76. The predicted molar refractivity (Wildman–Crippen MR) is 309 cm³/mol. The molecule has 0 amide bonds. The third-order valence-electron chi connectivity index (χ3n) is 16.4. The summed E-state index contributed by atoms with van der Waals surface area (Å²) in [5.74, 6) is 0. The largest absolute Gasteiger partial charge is 0.375 e. The fourth-order valence-corrected chi connectivity index (χ4v) is 13.6. The van der Waals surface area contributed by atoms with Crippen LogP contribution in [0.3, 0.4) is 0 Å². The van der Waals surface area contributed by atoms with Crippen molar-refractivity contribution in [1.82, 2.24) is 9.05 Å². The molecule has 0 saturated carbocycles. The Hall–Kier alpha value is -8.14. The van der Waals surface area contributed by atoms with Crippen LogP contribution in [0.5, 0.6) is 0 Å². The van der Waals surface area contributed by atoms with E-state index in [1.54, 1.807) is 0 Å². The highest BCUT2D eigenvalue weighted by molar-refractivity contribution is 6.90. The van der Waals surface area contributed by atoms with E-state index < -0.39 is 0 Å². The van der Waals surface area contributed by atoms with Crippen molar-refractivity contribution in [2.75, 3.05) is 0 Å². The molecular weight excluding hydrogens is 868 g/mol. The minimum absolute atomic E-state index is 0.118. The zero-order chi connectivity index (χ0) is 49.0. The van der Waals surface area contributed by atoms with Crippen molar-refractivity contribution in [2.24, 2.45) is 0 Å².